The zero-order valence-electron chi connectivity index (χ0n) is 6.90. The predicted octanol–water partition coefficient (Wildman–Crippen LogP) is 2.43. The average Bonchev–Trinajstić information content (AvgIpc) is 2.12. The van der Waals surface area contributed by atoms with Gasteiger partial charge in [0.25, 0.3) is 0 Å². The molecular weight excluding hydrogens is 181 g/mol. The van der Waals surface area contributed by atoms with Gasteiger partial charge in [-0.1, -0.05) is 6.07 Å². The van der Waals surface area contributed by atoms with Crippen LogP contribution in [-0.2, 0) is 0 Å². The van der Waals surface area contributed by atoms with Gasteiger partial charge in [0.2, 0.25) is 0 Å². The van der Waals surface area contributed by atoms with E-state index in [0.29, 0.717) is 0 Å². The van der Waals surface area contributed by atoms with Crippen molar-refractivity contribution in [2.45, 2.75) is 6.92 Å². The number of hydrogen-bond acceptors (Lipinski definition) is 1. The van der Waals surface area contributed by atoms with Crippen LogP contribution in [0.15, 0.2) is 12.1 Å². The average molecular weight is 188 g/mol. The second-order valence-corrected chi connectivity index (χ2v) is 2.61. The Morgan fingerprint density at radius 2 is 2.00 bits per heavy atom. The van der Waals surface area contributed by atoms with Crippen LogP contribution in [0, 0.1) is 18.6 Å². The maximum absolute atomic E-state index is 13.1. The standard InChI is InChI=1S/C9H7F3O/c1-5-2-3-6(11)8(9(5)12)7(13)4-10/h2-3H,4H2,1H3. The fraction of sp³-hybridized carbons (Fsp3) is 0.222. The number of rotatable bonds is 2. The van der Waals surface area contributed by atoms with E-state index >= 15 is 0 Å². The smallest absolute Gasteiger partial charge is 0.199 e. The van der Waals surface area contributed by atoms with Crippen LogP contribution in [0.5, 0.6) is 0 Å². The molecule has 1 aromatic rings. The molecule has 0 aliphatic carbocycles. The van der Waals surface area contributed by atoms with Gasteiger partial charge in [-0.25, -0.2) is 13.2 Å². The molecule has 0 saturated carbocycles. The van der Waals surface area contributed by atoms with Crippen LogP contribution in [0.2, 0.25) is 0 Å². The van der Waals surface area contributed by atoms with Gasteiger partial charge in [-0.05, 0) is 18.6 Å². The molecule has 0 aromatic heterocycles. The third kappa shape index (κ3) is 1.71. The number of hydrogen-bond donors (Lipinski definition) is 0. The summed E-state index contributed by atoms with van der Waals surface area (Å²) in [6.45, 7) is -0.0128. The Morgan fingerprint density at radius 3 is 2.54 bits per heavy atom. The quantitative estimate of drug-likeness (QED) is 0.651. The molecule has 0 aliphatic heterocycles. The molecule has 1 nitrogen and oxygen atoms in total. The number of carbonyl (C=O) groups is 1. The summed E-state index contributed by atoms with van der Waals surface area (Å²) in [6, 6.07) is 2.14. The number of alkyl halides is 1. The summed E-state index contributed by atoms with van der Waals surface area (Å²) in [6.07, 6.45) is 0. The largest absolute Gasteiger partial charge is 0.291 e. The maximum Gasteiger partial charge on any atom is 0.199 e. The highest BCUT2D eigenvalue weighted by atomic mass is 19.1. The van der Waals surface area contributed by atoms with Crippen LogP contribution in [0.3, 0.4) is 0 Å². The van der Waals surface area contributed by atoms with Crippen LogP contribution in [0.4, 0.5) is 13.2 Å². The van der Waals surface area contributed by atoms with Crippen molar-refractivity contribution in [3.63, 3.8) is 0 Å². The van der Waals surface area contributed by atoms with Gasteiger partial charge in [-0.2, -0.15) is 0 Å². The number of aryl methyl sites for hydroxylation is 1. The maximum atomic E-state index is 13.1. The summed E-state index contributed by atoms with van der Waals surface area (Å²) in [4.78, 5) is 10.8. The molecule has 1 rings (SSSR count). The van der Waals surface area contributed by atoms with Gasteiger partial charge < -0.3 is 0 Å². The Morgan fingerprint density at radius 1 is 1.38 bits per heavy atom. The summed E-state index contributed by atoms with van der Waals surface area (Å²) >= 11 is 0. The monoisotopic (exact) mass is 188 g/mol. The zero-order valence-corrected chi connectivity index (χ0v) is 6.90. The molecule has 0 radical (unpaired) electrons. The van der Waals surface area contributed by atoms with E-state index in [1.165, 1.54) is 13.0 Å². The molecule has 0 saturated heterocycles. The van der Waals surface area contributed by atoms with Gasteiger partial charge in [0.1, 0.15) is 11.6 Å². The second kappa shape index (κ2) is 3.60. The molecule has 0 N–H and O–H groups in total. The molecular formula is C9H7F3O. The first-order valence-corrected chi connectivity index (χ1v) is 3.61. The minimum absolute atomic E-state index is 0.123. The highest BCUT2D eigenvalue weighted by Gasteiger charge is 2.18. The van der Waals surface area contributed by atoms with E-state index in [4.69, 9.17) is 0 Å². The lowest BCUT2D eigenvalue weighted by Gasteiger charge is -2.03. The zero-order chi connectivity index (χ0) is 10.0. The van der Waals surface area contributed by atoms with Gasteiger partial charge >= 0.3 is 0 Å². The van der Waals surface area contributed by atoms with Crippen LogP contribution in [0.1, 0.15) is 15.9 Å². The van der Waals surface area contributed by atoms with E-state index in [-0.39, 0.29) is 5.56 Å². The van der Waals surface area contributed by atoms with E-state index in [1.807, 2.05) is 0 Å². The van der Waals surface area contributed by atoms with Crippen molar-refractivity contribution in [2.75, 3.05) is 6.67 Å². The first-order chi connectivity index (χ1) is 6.07. The lowest BCUT2D eigenvalue weighted by Crippen LogP contribution is -2.08. The van der Waals surface area contributed by atoms with Crippen LogP contribution < -0.4 is 0 Å². The van der Waals surface area contributed by atoms with Crippen molar-refractivity contribution in [3.05, 3.63) is 34.9 Å². The van der Waals surface area contributed by atoms with Crippen molar-refractivity contribution in [1.29, 1.82) is 0 Å². The molecule has 0 amide bonds. The Labute approximate surface area is 73.2 Å². The van der Waals surface area contributed by atoms with Gasteiger partial charge in [-0.15, -0.1) is 0 Å². The molecule has 13 heavy (non-hydrogen) atoms. The fourth-order valence-corrected chi connectivity index (χ4v) is 0.979. The van der Waals surface area contributed by atoms with Crippen molar-refractivity contribution in [3.8, 4) is 0 Å². The Balaban J connectivity index is 3.33. The first kappa shape index (κ1) is 9.77. The SMILES string of the molecule is Cc1ccc(F)c(C(=O)CF)c1F. The molecule has 0 spiro atoms. The van der Waals surface area contributed by atoms with Gasteiger partial charge in [0, 0.05) is 0 Å². The molecule has 0 fully saturated rings. The summed E-state index contributed by atoms with van der Waals surface area (Å²) in [5.74, 6) is -3.17. The van der Waals surface area contributed by atoms with Crippen molar-refractivity contribution >= 4 is 5.78 Å². The topological polar surface area (TPSA) is 17.1 Å². The van der Waals surface area contributed by atoms with E-state index in [9.17, 15) is 18.0 Å². The number of benzene rings is 1. The third-order valence-electron chi connectivity index (χ3n) is 1.68. The lowest BCUT2D eigenvalue weighted by atomic mass is 10.1. The summed E-state index contributed by atoms with van der Waals surface area (Å²) < 4.78 is 37.8. The number of halogens is 3. The summed E-state index contributed by atoms with van der Waals surface area (Å²) in [5.41, 5.74) is -0.666. The summed E-state index contributed by atoms with van der Waals surface area (Å²) in [5, 5.41) is 0. The predicted molar refractivity (Wildman–Crippen MR) is 41.4 cm³/mol. The number of carbonyl (C=O) groups excluding carboxylic acids is 1. The highest BCUT2D eigenvalue weighted by molar-refractivity contribution is 5.97. The molecule has 1 aromatic carbocycles. The van der Waals surface area contributed by atoms with Gasteiger partial charge in [-0.3, -0.25) is 4.79 Å². The van der Waals surface area contributed by atoms with Crippen LogP contribution >= 0.6 is 0 Å². The van der Waals surface area contributed by atoms with Gasteiger partial charge in [0.15, 0.2) is 12.5 Å². The Hall–Kier alpha value is -1.32. The van der Waals surface area contributed by atoms with Gasteiger partial charge in [0.05, 0.1) is 5.56 Å². The molecule has 0 aliphatic rings. The molecule has 4 heteroatoms. The van der Waals surface area contributed by atoms with E-state index in [1.54, 1.807) is 0 Å². The molecule has 0 heterocycles. The second-order valence-electron chi connectivity index (χ2n) is 2.61. The number of ketones is 1. The molecule has 0 atom stereocenters. The lowest BCUT2D eigenvalue weighted by molar-refractivity contribution is 0.0950. The number of Topliss-reactive ketones (excluding diaryl/α,β-unsaturated/α-hetero) is 1. The first-order valence-electron chi connectivity index (χ1n) is 3.61. The Bertz CT molecular complexity index is 347. The van der Waals surface area contributed by atoms with E-state index < -0.39 is 29.7 Å². The highest BCUT2D eigenvalue weighted by Crippen LogP contribution is 2.16. The van der Waals surface area contributed by atoms with Crippen LogP contribution in [-0.4, -0.2) is 12.5 Å². The van der Waals surface area contributed by atoms with Crippen LogP contribution in [0.25, 0.3) is 0 Å². The molecule has 70 valence electrons. The van der Waals surface area contributed by atoms with Crippen molar-refractivity contribution in [2.24, 2.45) is 0 Å². The minimum atomic E-state index is -1.39. The summed E-state index contributed by atoms with van der Waals surface area (Å²) in [7, 11) is 0. The van der Waals surface area contributed by atoms with Crippen molar-refractivity contribution < 1.29 is 18.0 Å². The molecule has 0 bridgehead atoms. The van der Waals surface area contributed by atoms with E-state index in [0.717, 1.165) is 6.07 Å². The normalized spacial score (nSPS) is 10.2. The molecule has 0 unspecified atom stereocenters. The van der Waals surface area contributed by atoms with Crippen molar-refractivity contribution in [1.82, 2.24) is 0 Å². The minimum Gasteiger partial charge on any atom is -0.291 e. The fourth-order valence-electron chi connectivity index (χ4n) is 0.979. The Kier molecular flexibility index (Phi) is 2.70. The van der Waals surface area contributed by atoms with E-state index in [2.05, 4.69) is 0 Å². The third-order valence-corrected chi connectivity index (χ3v) is 1.68.